The number of rotatable bonds is 1. The third-order valence-corrected chi connectivity index (χ3v) is 2.79. The van der Waals surface area contributed by atoms with Gasteiger partial charge in [-0.15, -0.1) is 0 Å². The van der Waals surface area contributed by atoms with Gasteiger partial charge < -0.3 is 4.74 Å². The molecule has 1 aliphatic rings. The summed E-state index contributed by atoms with van der Waals surface area (Å²) in [6.45, 7) is 1.00. The van der Waals surface area contributed by atoms with Crippen molar-refractivity contribution in [3.05, 3.63) is 34.9 Å². The topological polar surface area (TPSA) is 26.3 Å². The van der Waals surface area contributed by atoms with Crippen LogP contribution >= 0.6 is 11.6 Å². The summed E-state index contributed by atoms with van der Waals surface area (Å²) in [7, 11) is 0. The largest absolute Gasteiger partial charge is 0.380 e. The number of hydrogen-bond donors (Lipinski definition) is 0. The first kappa shape index (κ1) is 9.69. The molecule has 1 fully saturated rings. The Morgan fingerprint density at radius 2 is 2.14 bits per heavy atom. The number of benzene rings is 1. The fourth-order valence-electron chi connectivity index (χ4n) is 1.66. The van der Waals surface area contributed by atoms with E-state index in [1.807, 2.05) is 18.2 Å². The third kappa shape index (κ3) is 1.81. The molecule has 1 aromatic carbocycles. The monoisotopic (exact) mass is 210 g/mol. The van der Waals surface area contributed by atoms with Crippen LogP contribution in [0.5, 0.6) is 0 Å². The van der Waals surface area contributed by atoms with Gasteiger partial charge >= 0.3 is 0 Å². The summed E-state index contributed by atoms with van der Waals surface area (Å²) < 4.78 is 5.28. The smallest absolute Gasteiger partial charge is 0.145 e. The van der Waals surface area contributed by atoms with E-state index in [-0.39, 0.29) is 11.7 Å². The highest BCUT2D eigenvalue weighted by molar-refractivity contribution is 6.31. The second-order valence-electron chi connectivity index (χ2n) is 3.37. The van der Waals surface area contributed by atoms with Gasteiger partial charge in [-0.25, -0.2) is 0 Å². The number of Topliss-reactive ketones (excluding diaryl/α,β-unsaturated/α-hetero) is 1. The second-order valence-corrected chi connectivity index (χ2v) is 3.77. The first-order valence-electron chi connectivity index (χ1n) is 4.64. The van der Waals surface area contributed by atoms with E-state index in [1.54, 1.807) is 6.07 Å². The summed E-state index contributed by atoms with van der Waals surface area (Å²) in [5, 5.41) is 0.649. The lowest BCUT2D eigenvalue weighted by molar-refractivity contribution is -0.126. The van der Waals surface area contributed by atoms with Crippen LogP contribution in [0, 0.1) is 0 Å². The van der Waals surface area contributed by atoms with Crippen LogP contribution < -0.4 is 0 Å². The van der Waals surface area contributed by atoms with Gasteiger partial charge in [0.15, 0.2) is 0 Å². The third-order valence-electron chi connectivity index (χ3n) is 2.45. The van der Waals surface area contributed by atoms with Crippen LogP contribution in [0.15, 0.2) is 24.3 Å². The van der Waals surface area contributed by atoms with Crippen molar-refractivity contribution in [3.63, 3.8) is 0 Å². The number of carbonyl (C=O) groups is 1. The van der Waals surface area contributed by atoms with Crippen LogP contribution in [0.4, 0.5) is 0 Å². The van der Waals surface area contributed by atoms with Crippen molar-refractivity contribution in [2.75, 3.05) is 13.2 Å². The molecule has 0 N–H and O–H groups in total. The van der Waals surface area contributed by atoms with Gasteiger partial charge in [-0.3, -0.25) is 4.79 Å². The Kier molecular flexibility index (Phi) is 2.85. The predicted molar refractivity (Wildman–Crippen MR) is 54.6 cm³/mol. The molecule has 1 aliphatic heterocycles. The predicted octanol–water partition coefficient (Wildman–Crippen LogP) is 2.41. The second kappa shape index (κ2) is 4.11. The molecule has 14 heavy (non-hydrogen) atoms. The molecule has 0 saturated carbocycles. The van der Waals surface area contributed by atoms with Gasteiger partial charge in [0.1, 0.15) is 5.78 Å². The van der Waals surface area contributed by atoms with Crippen LogP contribution in [0.1, 0.15) is 17.9 Å². The van der Waals surface area contributed by atoms with E-state index in [0.29, 0.717) is 24.7 Å². The summed E-state index contributed by atoms with van der Waals surface area (Å²) >= 11 is 6.02. The Bertz CT molecular complexity index is 349. The first-order chi connectivity index (χ1) is 6.79. The fraction of sp³-hybridized carbons (Fsp3) is 0.364. The van der Waals surface area contributed by atoms with Gasteiger partial charge in [-0.05, 0) is 11.6 Å². The molecule has 1 atom stereocenters. The molecule has 0 radical (unpaired) electrons. The van der Waals surface area contributed by atoms with E-state index in [9.17, 15) is 4.79 Å². The highest BCUT2D eigenvalue weighted by atomic mass is 35.5. The average Bonchev–Trinajstić information content (AvgIpc) is 2.20. The Morgan fingerprint density at radius 3 is 2.86 bits per heavy atom. The first-order valence-corrected chi connectivity index (χ1v) is 5.01. The summed E-state index contributed by atoms with van der Waals surface area (Å²) in [5.74, 6) is 0.0572. The summed E-state index contributed by atoms with van der Waals surface area (Å²) in [6, 6.07) is 7.45. The molecule has 3 heteroatoms. The van der Waals surface area contributed by atoms with E-state index in [1.165, 1.54) is 0 Å². The van der Waals surface area contributed by atoms with Gasteiger partial charge in [0.2, 0.25) is 0 Å². The minimum Gasteiger partial charge on any atom is -0.380 e. The molecule has 0 aromatic heterocycles. The van der Waals surface area contributed by atoms with Crippen LogP contribution in [0.3, 0.4) is 0 Å². The van der Waals surface area contributed by atoms with E-state index in [4.69, 9.17) is 16.3 Å². The van der Waals surface area contributed by atoms with Crippen LogP contribution in [0.2, 0.25) is 5.02 Å². The van der Waals surface area contributed by atoms with Gasteiger partial charge in [-0.2, -0.15) is 0 Å². The molecule has 0 aliphatic carbocycles. The Hall–Kier alpha value is -0.860. The van der Waals surface area contributed by atoms with E-state index < -0.39 is 0 Å². The van der Waals surface area contributed by atoms with E-state index in [2.05, 4.69) is 0 Å². The van der Waals surface area contributed by atoms with Crippen molar-refractivity contribution < 1.29 is 9.53 Å². The maximum Gasteiger partial charge on any atom is 0.145 e. The summed E-state index contributed by atoms with van der Waals surface area (Å²) in [6.07, 6.45) is 0.496. The van der Waals surface area contributed by atoms with Crippen molar-refractivity contribution in [3.8, 4) is 0 Å². The minimum atomic E-state index is -0.169. The van der Waals surface area contributed by atoms with Crippen molar-refractivity contribution >= 4 is 17.4 Å². The highest BCUT2D eigenvalue weighted by Crippen LogP contribution is 2.28. The Morgan fingerprint density at radius 1 is 1.36 bits per heavy atom. The number of carbonyl (C=O) groups excluding carboxylic acids is 1. The Balaban J connectivity index is 2.29. The maximum atomic E-state index is 11.6. The standard InChI is InChI=1S/C11H11ClO2/c12-10-4-2-1-3-8(10)9-7-14-6-5-11(9)13/h1-4,9H,5-7H2. The molecule has 1 unspecified atom stereocenters. The average molecular weight is 211 g/mol. The zero-order chi connectivity index (χ0) is 9.97. The molecule has 0 amide bonds. The zero-order valence-corrected chi connectivity index (χ0v) is 8.46. The molecule has 0 spiro atoms. The quantitative estimate of drug-likeness (QED) is 0.712. The fourth-order valence-corrected chi connectivity index (χ4v) is 1.93. The van der Waals surface area contributed by atoms with Crippen LogP contribution in [0.25, 0.3) is 0 Å². The number of ether oxygens (including phenoxy) is 1. The lowest BCUT2D eigenvalue weighted by atomic mass is 9.92. The highest BCUT2D eigenvalue weighted by Gasteiger charge is 2.25. The van der Waals surface area contributed by atoms with Crippen molar-refractivity contribution in [2.24, 2.45) is 0 Å². The molecule has 2 nitrogen and oxygen atoms in total. The van der Waals surface area contributed by atoms with Crippen LogP contribution in [-0.4, -0.2) is 19.0 Å². The maximum absolute atomic E-state index is 11.6. The molecule has 1 heterocycles. The lowest BCUT2D eigenvalue weighted by Crippen LogP contribution is -2.25. The molecule has 1 saturated heterocycles. The zero-order valence-electron chi connectivity index (χ0n) is 7.70. The Labute approximate surface area is 87.8 Å². The minimum absolute atomic E-state index is 0.169. The SMILES string of the molecule is O=C1CCOCC1c1ccccc1Cl. The van der Waals surface area contributed by atoms with E-state index in [0.717, 1.165) is 5.56 Å². The molecule has 74 valence electrons. The lowest BCUT2D eigenvalue weighted by Gasteiger charge is -2.21. The molecule has 1 aromatic rings. The summed E-state index contributed by atoms with van der Waals surface area (Å²) in [5.41, 5.74) is 0.888. The molecular formula is C11H11ClO2. The normalized spacial score (nSPS) is 22.4. The van der Waals surface area contributed by atoms with Crippen LogP contribution in [-0.2, 0) is 9.53 Å². The summed E-state index contributed by atoms with van der Waals surface area (Å²) in [4.78, 5) is 11.6. The number of halogens is 1. The molecular weight excluding hydrogens is 200 g/mol. The van der Waals surface area contributed by atoms with Gasteiger partial charge in [0.25, 0.3) is 0 Å². The number of ketones is 1. The van der Waals surface area contributed by atoms with Crippen molar-refractivity contribution in [2.45, 2.75) is 12.3 Å². The molecule has 2 rings (SSSR count). The van der Waals surface area contributed by atoms with Crippen molar-refractivity contribution in [1.29, 1.82) is 0 Å². The van der Waals surface area contributed by atoms with Crippen molar-refractivity contribution in [1.82, 2.24) is 0 Å². The van der Waals surface area contributed by atoms with E-state index >= 15 is 0 Å². The van der Waals surface area contributed by atoms with Gasteiger partial charge in [0.05, 0.1) is 19.1 Å². The number of hydrogen-bond acceptors (Lipinski definition) is 2. The van der Waals surface area contributed by atoms with Gasteiger partial charge in [-0.1, -0.05) is 29.8 Å². The van der Waals surface area contributed by atoms with Gasteiger partial charge in [0, 0.05) is 11.4 Å². The molecule has 0 bridgehead atoms.